The average Bonchev–Trinajstić information content (AvgIpc) is 3.28. The van der Waals surface area contributed by atoms with Gasteiger partial charge in [0.15, 0.2) is 5.76 Å². The summed E-state index contributed by atoms with van der Waals surface area (Å²) in [6.45, 7) is 3.87. The van der Waals surface area contributed by atoms with Gasteiger partial charge in [-0.3, -0.25) is 9.69 Å². The maximum Gasteiger partial charge on any atom is 0.294 e. The molecule has 0 radical (unpaired) electrons. The molecule has 1 fully saturated rings. The Hall–Kier alpha value is -2.99. The summed E-state index contributed by atoms with van der Waals surface area (Å²) in [4.78, 5) is 17.1. The Morgan fingerprint density at radius 2 is 1.83 bits per heavy atom. The summed E-state index contributed by atoms with van der Waals surface area (Å²) < 4.78 is 32.5. The van der Waals surface area contributed by atoms with Crippen molar-refractivity contribution in [1.82, 2.24) is 4.90 Å². The van der Waals surface area contributed by atoms with Gasteiger partial charge in [0, 0.05) is 43.0 Å². The number of amides is 1. The van der Waals surface area contributed by atoms with E-state index in [4.69, 9.17) is 4.42 Å². The van der Waals surface area contributed by atoms with E-state index in [0.717, 1.165) is 43.2 Å². The lowest BCUT2D eigenvalue weighted by molar-refractivity contribution is 0.0931. The number of furan rings is 1. The molecule has 30 heavy (non-hydrogen) atoms. The third-order valence-electron chi connectivity index (χ3n) is 5.59. The molecule has 4 nitrogen and oxygen atoms in total. The Kier molecular flexibility index (Phi) is 5.95. The quantitative estimate of drug-likeness (QED) is 0.582. The molecule has 0 spiro atoms. The van der Waals surface area contributed by atoms with Crippen LogP contribution in [0.25, 0.3) is 0 Å². The van der Waals surface area contributed by atoms with Crippen molar-refractivity contribution >= 4 is 11.6 Å². The van der Waals surface area contributed by atoms with E-state index in [2.05, 4.69) is 4.90 Å². The van der Waals surface area contributed by atoms with E-state index >= 15 is 0 Å². The maximum absolute atomic E-state index is 14.0. The second kappa shape index (κ2) is 8.79. The molecular formula is C24H24F2N2O2. The van der Waals surface area contributed by atoms with Crippen molar-refractivity contribution in [3.05, 3.63) is 89.4 Å². The van der Waals surface area contributed by atoms with Gasteiger partial charge in [-0.2, -0.15) is 0 Å². The van der Waals surface area contributed by atoms with Crippen molar-refractivity contribution in [1.29, 1.82) is 0 Å². The van der Waals surface area contributed by atoms with Crippen molar-refractivity contribution in [2.24, 2.45) is 0 Å². The predicted molar refractivity (Wildman–Crippen MR) is 111 cm³/mol. The summed E-state index contributed by atoms with van der Waals surface area (Å²) in [6, 6.07) is 15.0. The summed E-state index contributed by atoms with van der Waals surface area (Å²) >= 11 is 0. The Morgan fingerprint density at radius 3 is 2.47 bits per heavy atom. The van der Waals surface area contributed by atoms with Crippen LogP contribution in [0.4, 0.5) is 14.5 Å². The van der Waals surface area contributed by atoms with Crippen LogP contribution in [0.1, 0.15) is 34.5 Å². The van der Waals surface area contributed by atoms with E-state index in [9.17, 15) is 13.6 Å². The lowest BCUT2D eigenvalue weighted by Crippen LogP contribution is -2.47. The highest BCUT2D eigenvalue weighted by atomic mass is 19.1. The van der Waals surface area contributed by atoms with Crippen molar-refractivity contribution in [3.8, 4) is 0 Å². The number of piperidine rings is 1. The second-order valence-corrected chi connectivity index (χ2v) is 7.73. The molecule has 0 saturated carbocycles. The van der Waals surface area contributed by atoms with Crippen molar-refractivity contribution in [2.75, 3.05) is 18.0 Å². The van der Waals surface area contributed by atoms with Crippen LogP contribution in [-0.2, 0) is 6.54 Å². The SMILES string of the molecule is Cc1ccc(N(C(=O)c2ccco2)C2CCN(Cc3ccc(F)cc3F)CC2)cc1. The average molecular weight is 410 g/mol. The van der Waals surface area contributed by atoms with Crippen molar-refractivity contribution in [2.45, 2.75) is 32.4 Å². The first-order valence-corrected chi connectivity index (χ1v) is 10.1. The summed E-state index contributed by atoms with van der Waals surface area (Å²) in [6.07, 6.45) is 3.01. The molecule has 156 valence electrons. The van der Waals surface area contributed by atoms with Crippen molar-refractivity contribution < 1.29 is 18.0 Å². The molecule has 1 aliphatic rings. The molecule has 1 saturated heterocycles. The van der Waals surface area contributed by atoms with Crippen molar-refractivity contribution in [3.63, 3.8) is 0 Å². The molecule has 0 aliphatic carbocycles. The molecule has 2 aromatic carbocycles. The van der Waals surface area contributed by atoms with Crippen LogP contribution in [0.15, 0.2) is 65.3 Å². The number of rotatable bonds is 5. The topological polar surface area (TPSA) is 36.7 Å². The Balaban J connectivity index is 1.49. The molecule has 0 atom stereocenters. The highest BCUT2D eigenvalue weighted by Crippen LogP contribution is 2.27. The lowest BCUT2D eigenvalue weighted by atomic mass is 10.0. The largest absolute Gasteiger partial charge is 0.459 e. The fourth-order valence-corrected chi connectivity index (χ4v) is 3.94. The molecule has 6 heteroatoms. The minimum absolute atomic E-state index is 0.0135. The Labute approximate surface area is 174 Å². The van der Waals surface area contributed by atoms with E-state index in [1.165, 1.54) is 18.4 Å². The first-order chi connectivity index (χ1) is 14.5. The van der Waals surface area contributed by atoms with Crippen LogP contribution in [0, 0.1) is 18.6 Å². The van der Waals surface area contributed by atoms with E-state index in [0.29, 0.717) is 17.9 Å². The fraction of sp³-hybridized carbons (Fsp3) is 0.292. The van der Waals surface area contributed by atoms with Crippen LogP contribution in [0.2, 0.25) is 0 Å². The monoisotopic (exact) mass is 410 g/mol. The molecule has 1 amide bonds. The lowest BCUT2D eigenvalue weighted by Gasteiger charge is -2.38. The van der Waals surface area contributed by atoms with Crippen LogP contribution >= 0.6 is 0 Å². The van der Waals surface area contributed by atoms with E-state index in [-0.39, 0.29) is 11.9 Å². The first kappa shape index (κ1) is 20.3. The van der Waals surface area contributed by atoms with Gasteiger partial charge in [0.05, 0.1) is 6.26 Å². The first-order valence-electron chi connectivity index (χ1n) is 10.1. The van der Waals surface area contributed by atoms with Gasteiger partial charge in [-0.15, -0.1) is 0 Å². The van der Waals surface area contributed by atoms with Gasteiger partial charge in [0.25, 0.3) is 5.91 Å². The summed E-state index contributed by atoms with van der Waals surface area (Å²) in [5, 5.41) is 0. The van der Waals surface area contributed by atoms with Gasteiger partial charge in [-0.25, -0.2) is 8.78 Å². The number of carbonyl (C=O) groups is 1. The number of hydrogen-bond donors (Lipinski definition) is 0. The van der Waals surface area contributed by atoms with Gasteiger partial charge in [0.2, 0.25) is 0 Å². The number of carbonyl (C=O) groups excluding carboxylic acids is 1. The number of aryl methyl sites for hydroxylation is 1. The van der Waals surface area contributed by atoms with E-state index < -0.39 is 11.6 Å². The highest BCUT2D eigenvalue weighted by molar-refractivity contribution is 6.04. The molecule has 4 rings (SSSR count). The Morgan fingerprint density at radius 1 is 1.10 bits per heavy atom. The van der Waals surface area contributed by atoms with Gasteiger partial charge in [-0.1, -0.05) is 23.8 Å². The normalized spacial score (nSPS) is 15.3. The van der Waals surface area contributed by atoms with Crippen LogP contribution in [0.3, 0.4) is 0 Å². The number of nitrogens with zero attached hydrogens (tertiary/aromatic N) is 2. The third-order valence-corrected chi connectivity index (χ3v) is 5.59. The second-order valence-electron chi connectivity index (χ2n) is 7.73. The number of anilines is 1. The zero-order valence-corrected chi connectivity index (χ0v) is 16.9. The van der Waals surface area contributed by atoms with E-state index in [1.807, 2.05) is 36.1 Å². The molecule has 2 heterocycles. The maximum atomic E-state index is 14.0. The summed E-state index contributed by atoms with van der Waals surface area (Å²) in [5.74, 6) is -0.940. The number of benzene rings is 2. The molecular weight excluding hydrogens is 386 g/mol. The number of likely N-dealkylation sites (tertiary alicyclic amines) is 1. The molecule has 3 aromatic rings. The Bertz CT molecular complexity index is 995. The molecule has 0 N–H and O–H groups in total. The van der Waals surface area contributed by atoms with Crippen LogP contribution in [0.5, 0.6) is 0 Å². The van der Waals surface area contributed by atoms with Gasteiger partial charge in [0.1, 0.15) is 11.6 Å². The van der Waals surface area contributed by atoms with E-state index in [1.54, 1.807) is 12.1 Å². The molecule has 0 unspecified atom stereocenters. The molecule has 0 bridgehead atoms. The number of halogens is 2. The standard InChI is InChI=1S/C24H24F2N2O2/c1-17-4-8-20(9-5-17)28(24(29)23-3-2-14-30-23)21-10-12-27(13-11-21)16-18-6-7-19(25)15-22(18)26/h2-9,14-15,21H,10-13,16H2,1H3. The fourth-order valence-electron chi connectivity index (χ4n) is 3.94. The summed E-state index contributed by atoms with van der Waals surface area (Å²) in [5.41, 5.74) is 2.45. The predicted octanol–water partition coefficient (Wildman–Crippen LogP) is 5.18. The van der Waals surface area contributed by atoms with Crippen LogP contribution < -0.4 is 4.90 Å². The summed E-state index contributed by atoms with van der Waals surface area (Å²) in [7, 11) is 0. The minimum atomic E-state index is -0.569. The van der Waals surface area contributed by atoms with Gasteiger partial charge >= 0.3 is 0 Å². The highest BCUT2D eigenvalue weighted by Gasteiger charge is 2.31. The zero-order valence-electron chi connectivity index (χ0n) is 16.9. The molecule has 1 aliphatic heterocycles. The number of hydrogen-bond acceptors (Lipinski definition) is 3. The smallest absolute Gasteiger partial charge is 0.294 e. The van der Waals surface area contributed by atoms with Gasteiger partial charge in [-0.05, 0) is 50.1 Å². The molecule has 1 aromatic heterocycles. The van der Waals surface area contributed by atoms with Crippen LogP contribution in [-0.4, -0.2) is 29.9 Å². The third kappa shape index (κ3) is 4.44. The van der Waals surface area contributed by atoms with Gasteiger partial charge < -0.3 is 9.32 Å². The minimum Gasteiger partial charge on any atom is -0.459 e. The zero-order chi connectivity index (χ0) is 21.1.